The molecule has 3 nitrogen and oxygen atoms in total. The van der Waals surface area contributed by atoms with Crippen LogP contribution in [0.1, 0.15) is 18.4 Å². The van der Waals surface area contributed by atoms with E-state index in [1.54, 1.807) is 0 Å². The molecule has 94 valence electrons. The Bertz CT molecular complexity index is 576. The number of nitrogens with two attached hydrogens (primary N) is 1. The summed E-state index contributed by atoms with van der Waals surface area (Å²) in [4.78, 5) is 3.30. The zero-order valence-corrected chi connectivity index (χ0v) is 10.5. The smallest absolute Gasteiger partial charge is 0.0461 e. The molecule has 1 aliphatic rings. The number of rotatable bonds is 2. The van der Waals surface area contributed by atoms with Crippen LogP contribution in [0.2, 0.25) is 0 Å². The van der Waals surface area contributed by atoms with Crippen LogP contribution in [0.5, 0.6) is 0 Å². The standard InChI is InChI=1S/C15H19N3/c1-10(11-4-6-17-7-5-11)14-9-18-15-3-2-12(16)8-13(14)15/h2-3,8-9,11,17-18H,1,4-7,16H2. The van der Waals surface area contributed by atoms with E-state index >= 15 is 0 Å². The van der Waals surface area contributed by atoms with E-state index in [1.165, 1.54) is 29.4 Å². The van der Waals surface area contributed by atoms with E-state index in [9.17, 15) is 0 Å². The predicted molar refractivity (Wildman–Crippen MR) is 77.3 cm³/mol. The number of piperidine rings is 1. The van der Waals surface area contributed by atoms with Crippen LogP contribution in [0.15, 0.2) is 31.0 Å². The first kappa shape index (κ1) is 11.4. The van der Waals surface area contributed by atoms with Crippen LogP contribution in [0.25, 0.3) is 16.5 Å². The van der Waals surface area contributed by atoms with Gasteiger partial charge in [0.25, 0.3) is 0 Å². The maximum atomic E-state index is 5.88. The Kier molecular flexibility index (Phi) is 2.84. The summed E-state index contributed by atoms with van der Waals surface area (Å²) in [6, 6.07) is 5.99. The summed E-state index contributed by atoms with van der Waals surface area (Å²) >= 11 is 0. The van der Waals surface area contributed by atoms with E-state index in [-0.39, 0.29) is 0 Å². The minimum Gasteiger partial charge on any atom is -0.399 e. The molecule has 2 heterocycles. The number of aromatic amines is 1. The van der Waals surface area contributed by atoms with Crippen LogP contribution in [0.4, 0.5) is 5.69 Å². The van der Waals surface area contributed by atoms with Gasteiger partial charge in [0, 0.05) is 28.4 Å². The average Bonchev–Trinajstić information content (AvgIpc) is 2.82. The topological polar surface area (TPSA) is 53.8 Å². The molecule has 3 rings (SSSR count). The van der Waals surface area contributed by atoms with Crippen molar-refractivity contribution in [1.29, 1.82) is 0 Å². The lowest BCUT2D eigenvalue weighted by molar-refractivity contribution is 0.447. The van der Waals surface area contributed by atoms with Gasteiger partial charge in [-0.3, -0.25) is 0 Å². The summed E-state index contributed by atoms with van der Waals surface area (Å²) in [6.07, 6.45) is 4.41. The number of allylic oxidation sites excluding steroid dienone is 1. The lowest BCUT2D eigenvalue weighted by Gasteiger charge is -2.24. The van der Waals surface area contributed by atoms with Gasteiger partial charge in [-0.25, -0.2) is 0 Å². The maximum absolute atomic E-state index is 5.88. The van der Waals surface area contributed by atoms with Gasteiger partial charge in [0.2, 0.25) is 0 Å². The quantitative estimate of drug-likeness (QED) is 0.708. The van der Waals surface area contributed by atoms with E-state index in [1.807, 2.05) is 18.2 Å². The van der Waals surface area contributed by atoms with Crippen molar-refractivity contribution in [3.05, 3.63) is 36.5 Å². The number of nitrogen functional groups attached to an aromatic ring is 1. The zero-order valence-electron chi connectivity index (χ0n) is 10.5. The van der Waals surface area contributed by atoms with Crippen molar-refractivity contribution in [2.75, 3.05) is 18.8 Å². The van der Waals surface area contributed by atoms with Gasteiger partial charge in [0.1, 0.15) is 0 Å². The molecule has 0 aliphatic carbocycles. The number of H-pyrrole nitrogens is 1. The van der Waals surface area contributed by atoms with Gasteiger partial charge >= 0.3 is 0 Å². The summed E-state index contributed by atoms with van der Waals surface area (Å²) in [7, 11) is 0. The first-order valence-electron chi connectivity index (χ1n) is 6.52. The number of fused-ring (bicyclic) bond motifs is 1. The van der Waals surface area contributed by atoms with Gasteiger partial charge < -0.3 is 16.0 Å². The molecule has 1 fully saturated rings. The van der Waals surface area contributed by atoms with Crippen molar-refractivity contribution in [3.8, 4) is 0 Å². The number of hydrogen-bond acceptors (Lipinski definition) is 2. The van der Waals surface area contributed by atoms with Crippen molar-refractivity contribution < 1.29 is 0 Å². The Balaban J connectivity index is 1.98. The molecule has 4 N–H and O–H groups in total. The molecule has 1 aromatic carbocycles. The molecule has 1 saturated heterocycles. The van der Waals surface area contributed by atoms with Gasteiger partial charge in [-0.15, -0.1) is 0 Å². The van der Waals surface area contributed by atoms with Gasteiger partial charge in [0.15, 0.2) is 0 Å². The molecule has 1 aromatic heterocycles. The average molecular weight is 241 g/mol. The van der Waals surface area contributed by atoms with Crippen molar-refractivity contribution in [2.24, 2.45) is 5.92 Å². The molecule has 0 atom stereocenters. The third kappa shape index (κ3) is 1.91. The molecule has 18 heavy (non-hydrogen) atoms. The fraction of sp³-hybridized carbons (Fsp3) is 0.333. The Morgan fingerprint density at radius 2 is 2.06 bits per heavy atom. The molecular formula is C15H19N3. The highest BCUT2D eigenvalue weighted by Crippen LogP contribution is 2.33. The third-order valence-corrected chi connectivity index (χ3v) is 3.88. The van der Waals surface area contributed by atoms with E-state index < -0.39 is 0 Å². The maximum Gasteiger partial charge on any atom is 0.0461 e. The Morgan fingerprint density at radius 1 is 1.28 bits per heavy atom. The summed E-state index contributed by atoms with van der Waals surface area (Å²) in [5, 5.41) is 4.59. The highest BCUT2D eigenvalue weighted by atomic mass is 14.9. The van der Waals surface area contributed by atoms with Gasteiger partial charge in [-0.1, -0.05) is 6.58 Å². The second-order valence-corrected chi connectivity index (χ2v) is 5.06. The second-order valence-electron chi connectivity index (χ2n) is 5.06. The Morgan fingerprint density at radius 3 is 2.83 bits per heavy atom. The number of aromatic nitrogens is 1. The zero-order chi connectivity index (χ0) is 12.5. The molecule has 0 unspecified atom stereocenters. The lowest BCUT2D eigenvalue weighted by Crippen LogP contribution is -2.28. The molecule has 0 spiro atoms. The molecule has 0 bridgehead atoms. The Hall–Kier alpha value is -1.74. The summed E-state index contributed by atoms with van der Waals surface area (Å²) < 4.78 is 0. The highest BCUT2D eigenvalue weighted by Gasteiger charge is 2.19. The van der Waals surface area contributed by atoms with Crippen LogP contribution >= 0.6 is 0 Å². The monoisotopic (exact) mass is 241 g/mol. The van der Waals surface area contributed by atoms with E-state index in [4.69, 9.17) is 5.73 Å². The van der Waals surface area contributed by atoms with E-state index in [2.05, 4.69) is 23.1 Å². The van der Waals surface area contributed by atoms with Crippen molar-refractivity contribution in [2.45, 2.75) is 12.8 Å². The molecule has 0 radical (unpaired) electrons. The van der Waals surface area contributed by atoms with Gasteiger partial charge in [0.05, 0.1) is 0 Å². The SMILES string of the molecule is C=C(c1c[nH]c2ccc(N)cc12)C1CCNCC1. The molecule has 0 amide bonds. The number of anilines is 1. The van der Waals surface area contributed by atoms with Crippen LogP contribution in [0, 0.1) is 5.92 Å². The van der Waals surface area contributed by atoms with Crippen molar-refractivity contribution in [1.82, 2.24) is 10.3 Å². The third-order valence-electron chi connectivity index (χ3n) is 3.88. The fourth-order valence-electron chi connectivity index (χ4n) is 2.79. The number of hydrogen-bond donors (Lipinski definition) is 3. The highest BCUT2D eigenvalue weighted by molar-refractivity contribution is 5.94. The summed E-state index contributed by atoms with van der Waals surface area (Å²) in [5.41, 5.74) is 10.3. The van der Waals surface area contributed by atoms with Gasteiger partial charge in [-0.2, -0.15) is 0 Å². The Labute approximate surface area is 107 Å². The summed E-state index contributed by atoms with van der Waals surface area (Å²) in [6.45, 7) is 6.49. The lowest BCUT2D eigenvalue weighted by atomic mass is 9.86. The minimum atomic E-state index is 0.590. The number of nitrogens with one attached hydrogen (secondary N) is 2. The van der Waals surface area contributed by atoms with Crippen LogP contribution in [-0.2, 0) is 0 Å². The second kappa shape index (κ2) is 4.50. The molecule has 1 aliphatic heterocycles. The fourth-order valence-corrected chi connectivity index (χ4v) is 2.79. The van der Waals surface area contributed by atoms with Crippen molar-refractivity contribution in [3.63, 3.8) is 0 Å². The molecule has 2 aromatic rings. The van der Waals surface area contributed by atoms with Crippen molar-refractivity contribution >= 4 is 22.2 Å². The first-order valence-corrected chi connectivity index (χ1v) is 6.52. The normalized spacial score (nSPS) is 17.1. The number of benzene rings is 1. The van der Waals surface area contributed by atoms with Gasteiger partial charge in [-0.05, 0) is 55.6 Å². The predicted octanol–water partition coefficient (Wildman–Crippen LogP) is 2.76. The van der Waals surface area contributed by atoms with E-state index in [0.717, 1.165) is 24.3 Å². The first-order chi connectivity index (χ1) is 8.75. The summed E-state index contributed by atoms with van der Waals surface area (Å²) in [5.74, 6) is 0.590. The minimum absolute atomic E-state index is 0.590. The van der Waals surface area contributed by atoms with Crippen LogP contribution in [-0.4, -0.2) is 18.1 Å². The molecule has 3 heteroatoms. The van der Waals surface area contributed by atoms with Crippen LogP contribution in [0.3, 0.4) is 0 Å². The molecule has 0 saturated carbocycles. The molecular weight excluding hydrogens is 222 g/mol. The van der Waals surface area contributed by atoms with E-state index in [0.29, 0.717) is 5.92 Å². The van der Waals surface area contributed by atoms with Crippen LogP contribution < -0.4 is 11.1 Å². The largest absolute Gasteiger partial charge is 0.399 e.